The number of nitrogens with one attached hydrogen (secondary N) is 3. The van der Waals surface area contributed by atoms with Crippen molar-refractivity contribution in [1.29, 1.82) is 0 Å². The monoisotopic (exact) mass is 646 g/mol. The van der Waals surface area contributed by atoms with Crippen LogP contribution in [0.1, 0.15) is 32.6 Å². The number of aliphatic hydroxyl groups excluding tert-OH is 3. The number of carbonyl (C=O) groups excluding carboxylic acids is 1. The number of aliphatic hydroxyl groups is 5. The van der Waals surface area contributed by atoms with Crippen molar-refractivity contribution in [2.45, 2.75) is 111 Å². The van der Waals surface area contributed by atoms with Crippen molar-refractivity contribution < 1.29 is 49.3 Å². The third kappa shape index (κ3) is 8.21. The molecule has 3 fully saturated rings. The topological polar surface area (TPSA) is 308 Å². The van der Waals surface area contributed by atoms with Gasteiger partial charge in [0.05, 0.1) is 43.9 Å². The van der Waals surface area contributed by atoms with E-state index < -0.39 is 84.3 Å². The SMILES string of the molecule is CN[C@@H]1[C@@H](O)[C@@H](O[C@H]2[C@H](NC(=O)C3(O)CC(N=C(N)N)C3)C[C@H](N)C(O[C@H]3OC(CNCCO)=CC[C@H]3N)[C@@H]2O)OC[C@]1(C)O. The molecule has 18 heteroatoms. The molecule has 0 radical (unpaired) electrons. The molecule has 0 spiro atoms. The zero-order chi connectivity index (χ0) is 33.1. The van der Waals surface area contributed by atoms with Crippen molar-refractivity contribution in [3.05, 3.63) is 11.8 Å². The summed E-state index contributed by atoms with van der Waals surface area (Å²) in [6.07, 6.45) is -5.29. The number of hydrogen-bond donors (Lipinski definition) is 12. The molecule has 4 rings (SSSR count). The molecule has 45 heavy (non-hydrogen) atoms. The summed E-state index contributed by atoms with van der Waals surface area (Å²) >= 11 is 0. The molecule has 16 N–H and O–H groups in total. The summed E-state index contributed by atoms with van der Waals surface area (Å²) in [6.45, 7) is 1.94. The van der Waals surface area contributed by atoms with Gasteiger partial charge in [-0.3, -0.25) is 9.79 Å². The van der Waals surface area contributed by atoms with Crippen LogP contribution in [0.3, 0.4) is 0 Å². The van der Waals surface area contributed by atoms with Gasteiger partial charge in [-0.1, -0.05) is 0 Å². The molecule has 2 aliphatic carbocycles. The quantitative estimate of drug-likeness (QED) is 0.0533. The molecule has 2 aliphatic heterocycles. The number of amides is 1. The van der Waals surface area contributed by atoms with Crippen LogP contribution in [0.4, 0.5) is 0 Å². The van der Waals surface area contributed by atoms with E-state index in [2.05, 4.69) is 20.9 Å². The second-order valence-corrected chi connectivity index (χ2v) is 12.6. The Labute approximate surface area is 261 Å². The summed E-state index contributed by atoms with van der Waals surface area (Å²) in [5, 5.41) is 61.9. The van der Waals surface area contributed by atoms with Gasteiger partial charge in [-0.2, -0.15) is 0 Å². The molecule has 0 aromatic rings. The molecular formula is C27H50N8O10. The summed E-state index contributed by atoms with van der Waals surface area (Å²) < 4.78 is 23.9. The van der Waals surface area contributed by atoms with Gasteiger partial charge in [-0.25, -0.2) is 0 Å². The van der Waals surface area contributed by atoms with Crippen LogP contribution in [-0.4, -0.2) is 149 Å². The molecule has 0 aromatic heterocycles. The zero-order valence-electron chi connectivity index (χ0n) is 25.6. The van der Waals surface area contributed by atoms with Crippen molar-refractivity contribution in [3.63, 3.8) is 0 Å². The van der Waals surface area contributed by atoms with Crippen LogP contribution in [0.25, 0.3) is 0 Å². The van der Waals surface area contributed by atoms with Crippen molar-refractivity contribution in [3.8, 4) is 0 Å². The number of nitrogens with zero attached hydrogens (tertiary/aromatic N) is 1. The number of aliphatic imine (C=N–C) groups is 1. The molecule has 1 amide bonds. The molecule has 258 valence electrons. The Bertz CT molecular complexity index is 1070. The van der Waals surface area contributed by atoms with Crippen LogP contribution in [0, 0.1) is 0 Å². The van der Waals surface area contributed by atoms with Crippen LogP contribution in [0.5, 0.6) is 0 Å². The van der Waals surface area contributed by atoms with E-state index in [0.29, 0.717) is 25.3 Å². The predicted octanol–water partition coefficient (Wildman–Crippen LogP) is -5.90. The van der Waals surface area contributed by atoms with Gasteiger partial charge in [-0.05, 0) is 32.9 Å². The molecule has 1 saturated heterocycles. The van der Waals surface area contributed by atoms with E-state index in [1.54, 1.807) is 13.1 Å². The second kappa shape index (κ2) is 14.7. The standard InChI is InChI=1S/C27H50N8O10/c1-26(40)11-42-23(18(38)21(26)32-2)45-20-16(35-24(39)27(41)8-12(9-27)34-25(30)31)7-15(29)19(17(20)37)44-22-14(28)4-3-13(43-22)10-33-5-6-36/h3,12,14-23,32-33,36-38,40-41H,4-11,28-29H2,1-2H3,(H,35,39)(H4,30,31,34)/t12?,14-,15+,16-,17+,18-,19?,20+,21-,22-,23-,26+,27?/m1/s1. The smallest absolute Gasteiger partial charge is 0.252 e. The molecule has 11 atom stereocenters. The van der Waals surface area contributed by atoms with Gasteiger partial charge in [0.2, 0.25) is 6.29 Å². The van der Waals surface area contributed by atoms with E-state index in [0.717, 1.165) is 0 Å². The number of carbonyl (C=O) groups is 1. The average Bonchev–Trinajstić information content (AvgIpc) is 2.94. The largest absolute Gasteiger partial charge is 0.467 e. The van der Waals surface area contributed by atoms with Gasteiger partial charge in [0.15, 0.2) is 12.2 Å². The van der Waals surface area contributed by atoms with Crippen LogP contribution in [0.15, 0.2) is 16.8 Å². The van der Waals surface area contributed by atoms with Gasteiger partial charge in [0.1, 0.15) is 41.4 Å². The van der Waals surface area contributed by atoms with Crippen molar-refractivity contribution in [2.75, 3.05) is 33.4 Å². The third-order valence-corrected chi connectivity index (χ3v) is 8.78. The van der Waals surface area contributed by atoms with Crippen LogP contribution in [-0.2, 0) is 23.7 Å². The number of nitrogens with two attached hydrogens (primary N) is 4. The number of rotatable bonds is 12. The fourth-order valence-electron chi connectivity index (χ4n) is 6.32. The Balaban J connectivity index is 1.51. The molecule has 2 heterocycles. The normalized spacial score (nSPS) is 43.4. The highest BCUT2D eigenvalue weighted by Gasteiger charge is 2.54. The molecule has 0 aromatic carbocycles. The first-order valence-corrected chi connectivity index (χ1v) is 15.2. The maximum absolute atomic E-state index is 13.3. The zero-order valence-corrected chi connectivity index (χ0v) is 25.6. The van der Waals surface area contributed by atoms with Gasteiger partial charge in [0, 0.05) is 25.4 Å². The Morgan fingerprint density at radius 3 is 2.44 bits per heavy atom. The van der Waals surface area contributed by atoms with Gasteiger partial charge in [-0.15, -0.1) is 0 Å². The van der Waals surface area contributed by atoms with Crippen molar-refractivity contribution >= 4 is 11.9 Å². The maximum atomic E-state index is 13.3. The summed E-state index contributed by atoms with van der Waals surface area (Å²) in [5.41, 5.74) is 20.4. The van der Waals surface area contributed by atoms with E-state index in [4.69, 9.17) is 47.0 Å². The number of hydrogen-bond acceptors (Lipinski definition) is 15. The summed E-state index contributed by atoms with van der Waals surface area (Å²) in [4.78, 5) is 17.2. The van der Waals surface area contributed by atoms with E-state index in [-0.39, 0.29) is 38.4 Å². The Morgan fingerprint density at radius 1 is 1.11 bits per heavy atom. The lowest BCUT2D eigenvalue weighted by Crippen LogP contribution is -2.70. The predicted molar refractivity (Wildman–Crippen MR) is 159 cm³/mol. The van der Waals surface area contributed by atoms with Crippen molar-refractivity contribution in [2.24, 2.45) is 27.9 Å². The first-order chi connectivity index (χ1) is 21.2. The van der Waals surface area contributed by atoms with E-state index in [9.17, 15) is 25.2 Å². The highest BCUT2D eigenvalue weighted by Crippen LogP contribution is 2.36. The fraction of sp³-hybridized carbons (Fsp3) is 0.852. The molecule has 18 nitrogen and oxygen atoms in total. The van der Waals surface area contributed by atoms with Crippen LogP contribution >= 0.6 is 0 Å². The highest BCUT2D eigenvalue weighted by molar-refractivity contribution is 5.87. The van der Waals surface area contributed by atoms with Crippen LogP contribution in [0.2, 0.25) is 0 Å². The lowest BCUT2D eigenvalue weighted by Gasteiger charge is -2.49. The summed E-state index contributed by atoms with van der Waals surface area (Å²) in [7, 11) is 1.57. The fourth-order valence-corrected chi connectivity index (χ4v) is 6.32. The molecule has 4 aliphatic rings. The average molecular weight is 647 g/mol. The van der Waals surface area contributed by atoms with Gasteiger partial charge in [0.25, 0.3) is 5.91 Å². The lowest BCUT2D eigenvalue weighted by molar-refractivity contribution is -0.304. The van der Waals surface area contributed by atoms with E-state index in [1.807, 2.05) is 0 Å². The number of ether oxygens (including phenoxy) is 4. The first kappa shape index (κ1) is 35.7. The molecule has 1 unspecified atom stereocenters. The minimum absolute atomic E-state index is 0.0153. The van der Waals surface area contributed by atoms with Crippen molar-refractivity contribution in [1.82, 2.24) is 16.0 Å². The van der Waals surface area contributed by atoms with Crippen LogP contribution < -0.4 is 38.9 Å². The molecule has 0 bridgehead atoms. The van der Waals surface area contributed by atoms with Gasteiger partial charge < -0.3 is 83.4 Å². The lowest BCUT2D eigenvalue weighted by atomic mass is 9.74. The van der Waals surface area contributed by atoms with E-state index in [1.165, 1.54) is 6.92 Å². The first-order valence-electron chi connectivity index (χ1n) is 15.2. The molecular weight excluding hydrogens is 596 g/mol. The minimum atomic E-state index is -1.76. The Morgan fingerprint density at radius 2 is 1.80 bits per heavy atom. The highest BCUT2D eigenvalue weighted by atomic mass is 16.7. The third-order valence-electron chi connectivity index (χ3n) is 8.78. The Hall–Kier alpha value is -2.20. The second-order valence-electron chi connectivity index (χ2n) is 12.6. The van der Waals surface area contributed by atoms with Gasteiger partial charge >= 0.3 is 0 Å². The number of likely N-dealkylation sites (N-methyl/N-ethyl adjacent to an activating group) is 1. The Kier molecular flexibility index (Phi) is 11.6. The summed E-state index contributed by atoms with van der Waals surface area (Å²) in [6, 6.07) is -3.67. The number of guanidine groups is 1. The minimum Gasteiger partial charge on any atom is -0.467 e. The van der Waals surface area contributed by atoms with E-state index >= 15 is 0 Å². The summed E-state index contributed by atoms with van der Waals surface area (Å²) in [5.74, 6) is -0.339. The maximum Gasteiger partial charge on any atom is 0.252 e. The molecule has 2 saturated carbocycles.